The third kappa shape index (κ3) is 9.85. The first-order valence-corrected chi connectivity index (χ1v) is 22.4. The summed E-state index contributed by atoms with van der Waals surface area (Å²) in [6.45, 7) is 17.6. The lowest BCUT2D eigenvalue weighted by molar-refractivity contribution is -0.140. The second-order valence-corrected chi connectivity index (χ2v) is 23.7. The number of nitrogens with zero attached hydrogens (tertiary/aromatic N) is 2. The van der Waals surface area contributed by atoms with Gasteiger partial charge in [-0.2, -0.15) is 0 Å². The summed E-state index contributed by atoms with van der Waals surface area (Å²) in [5.74, 6) is -0.594. The Balaban J connectivity index is 1.48. The summed E-state index contributed by atoms with van der Waals surface area (Å²) in [7, 11) is -2.71. The van der Waals surface area contributed by atoms with Crippen LogP contribution in [0, 0.1) is 0 Å². The largest absolute Gasteiger partial charge is 0.463 e. The quantitative estimate of drug-likeness (QED) is 0.0870. The van der Waals surface area contributed by atoms with Crippen molar-refractivity contribution < 1.29 is 33.0 Å². The van der Waals surface area contributed by atoms with Crippen molar-refractivity contribution in [3.8, 4) is 0 Å². The highest BCUT2D eigenvalue weighted by Crippen LogP contribution is 2.44. The summed E-state index contributed by atoms with van der Waals surface area (Å²) in [5, 5.41) is 2.30. The molecule has 2 aliphatic rings. The number of esters is 1. The Morgan fingerprint density at radius 1 is 0.754 bits per heavy atom. The molecular weight excluding hydrogens is 803 g/mol. The molecule has 2 aliphatic heterocycles. The van der Waals surface area contributed by atoms with E-state index >= 15 is 0 Å². The number of hydrogen-bond donors (Lipinski definition) is 0. The summed E-state index contributed by atoms with van der Waals surface area (Å²) in [6.07, 6.45) is -0.432. The van der Waals surface area contributed by atoms with Crippen LogP contribution in [0.4, 0.5) is 9.59 Å². The number of carbonyl (C=O) groups is 3. The molecule has 0 N–H and O–H groups in total. The average Bonchev–Trinajstić information content (AvgIpc) is 3.12. The SMILES string of the molecule is CCOC(=O)C1=C(c2ccc(CCO[Si](c3ccccc3)(c3ccccc3)C(C)(C)C)cc2)CC2CN(C(=O)OC(C)(C)C)CC1N2C(=O)OC(C)(C)C(Cl)(Cl)Cl. The number of rotatable bonds is 10. The van der Waals surface area contributed by atoms with Gasteiger partial charge in [0.25, 0.3) is 8.32 Å². The molecule has 2 unspecified atom stereocenters. The number of halogens is 3. The molecule has 0 radical (unpaired) electrons. The van der Waals surface area contributed by atoms with E-state index in [1.807, 2.05) is 36.4 Å². The van der Waals surface area contributed by atoms with Crippen molar-refractivity contribution in [1.29, 1.82) is 0 Å². The molecule has 57 heavy (non-hydrogen) atoms. The zero-order valence-electron chi connectivity index (χ0n) is 34.4. The van der Waals surface area contributed by atoms with Gasteiger partial charge in [-0.15, -0.1) is 0 Å². The van der Waals surface area contributed by atoms with Gasteiger partial charge in [0.1, 0.15) is 5.60 Å². The van der Waals surface area contributed by atoms with Gasteiger partial charge in [-0.25, -0.2) is 14.4 Å². The van der Waals surface area contributed by atoms with Gasteiger partial charge in [0.2, 0.25) is 3.79 Å². The van der Waals surface area contributed by atoms with Crippen molar-refractivity contribution in [2.24, 2.45) is 0 Å². The molecule has 1 saturated heterocycles. The van der Waals surface area contributed by atoms with E-state index in [1.54, 1.807) is 27.7 Å². The minimum Gasteiger partial charge on any atom is -0.463 e. The van der Waals surface area contributed by atoms with Crippen LogP contribution >= 0.6 is 34.8 Å². The molecule has 2 amide bonds. The van der Waals surface area contributed by atoms with Crippen LogP contribution in [-0.4, -0.2) is 89.7 Å². The van der Waals surface area contributed by atoms with Crippen LogP contribution in [0.3, 0.4) is 0 Å². The topological polar surface area (TPSA) is 94.6 Å². The Morgan fingerprint density at radius 2 is 1.32 bits per heavy atom. The van der Waals surface area contributed by atoms with Crippen molar-refractivity contribution in [1.82, 2.24) is 9.80 Å². The minimum absolute atomic E-state index is 0.0377. The van der Waals surface area contributed by atoms with Crippen LogP contribution in [0.2, 0.25) is 5.04 Å². The summed E-state index contributed by atoms with van der Waals surface area (Å²) in [5.41, 5.74) is 0.596. The smallest absolute Gasteiger partial charge is 0.411 e. The van der Waals surface area contributed by atoms with Gasteiger partial charge < -0.3 is 23.5 Å². The number of benzene rings is 3. The molecule has 2 heterocycles. The average molecular weight is 858 g/mol. The number of fused-ring (bicyclic) bond motifs is 2. The van der Waals surface area contributed by atoms with E-state index in [9.17, 15) is 14.4 Å². The fourth-order valence-electron chi connectivity index (χ4n) is 7.69. The molecule has 9 nitrogen and oxygen atoms in total. The molecule has 3 aromatic rings. The number of carbonyl (C=O) groups excluding carboxylic acids is 3. The maximum Gasteiger partial charge on any atom is 0.411 e. The zero-order chi connectivity index (χ0) is 42.0. The first-order valence-electron chi connectivity index (χ1n) is 19.4. The summed E-state index contributed by atoms with van der Waals surface area (Å²) in [6, 6.07) is 27.7. The van der Waals surface area contributed by atoms with Gasteiger partial charge >= 0.3 is 18.2 Å². The van der Waals surface area contributed by atoms with E-state index in [1.165, 1.54) is 34.0 Å². The van der Waals surface area contributed by atoms with Gasteiger partial charge in [-0.1, -0.05) is 141 Å². The number of alkyl halides is 3. The first kappa shape index (κ1) is 44.6. The molecular formula is C44H55Cl3N2O7Si. The number of hydrogen-bond acceptors (Lipinski definition) is 7. The molecule has 2 atom stereocenters. The lowest BCUT2D eigenvalue weighted by Gasteiger charge is -2.50. The summed E-state index contributed by atoms with van der Waals surface area (Å²) in [4.78, 5) is 44.4. The van der Waals surface area contributed by atoms with Crippen LogP contribution < -0.4 is 10.4 Å². The third-order valence-electron chi connectivity index (χ3n) is 10.5. The second-order valence-electron chi connectivity index (χ2n) is 17.1. The maximum absolute atomic E-state index is 14.0. The molecule has 13 heteroatoms. The predicted molar refractivity (Wildman–Crippen MR) is 230 cm³/mol. The van der Waals surface area contributed by atoms with Gasteiger partial charge in [-0.3, -0.25) is 4.90 Å². The Labute approximate surface area is 353 Å². The highest BCUT2D eigenvalue weighted by Gasteiger charge is 2.53. The van der Waals surface area contributed by atoms with Gasteiger partial charge in [0, 0.05) is 19.7 Å². The van der Waals surface area contributed by atoms with Crippen LogP contribution in [0.15, 0.2) is 90.5 Å². The van der Waals surface area contributed by atoms with E-state index in [4.69, 9.17) is 53.4 Å². The lowest BCUT2D eigenvalue weighted by atomic mass is 9.82. The van der Waals surface area contributed by atoms with E-state index in [0.29, 0.717) is 13.0 Å². The Hall–Kier alpha value is -3.54. The van der Waals surface area contributed by atoms with E-state index in [2.05, 4.69) is 69.3 Å². The number of ether oxygens (including phenoxy) is 3. The first-order chi connectivity index (χ1) is 26.6. The molecule has 0 aliphatic carbocycles. The molecule has 3 aromatic carbocycles. The van der Waals surface area contributed by atoms with Crippen molar-refractivity contribution in [3.63, 3.8) is 0 Å². The van der Waals surface area contributed by atoms with Crippen LogP contribution in [-0.2, 0) is 29.9 Å². The van der Waals surface area contributed by atoms with E-state index in [0.717, 1.165) is 16.7 Å². The van der Waals surface area contributed by atoms with Crippen molar-refractivity contribution in [2.45, 2.75) is 107 Å². The van der Waals surface area contributed by atoms with Crippen molar-refractivity contribution >= 4 is 77.2 Å². The molecule has 0 aromatic heterocycles. The fraction of sp³-hybridized carbons (Fsp3) is 0.477. The van der Waals surface area contributed by atoms with Gasteiger partial charge in [-0.05, 0) is 86.5 Å². The van der Waals surface area contributed by atoms with Crippen LogP contribution in [0.5, 0.6) is 0 Å². The maximum atomic E-state index is 14.0. The number of piperazine rings is 1. The summed E-state index contributed by atoms with van der Waals surface area (Å²) >= 11 is 18.6. The summed E-state index contributed by atoms with van der Waals surface area (Å²) < 4.78 is 22.3. The van der Waals surface area contributed by atoms with E-state index in [-0.39, 0.29) is 36.7 Å². The van der Waals surface area contributed by atoms with Gasteiger partial charge in [0.15, 0.2) is 5.60 Å². The Kier molecular flexibility index (Phi) is 13.6. The zero-order valence-corrected chi connectivity index (χ0v) is 37.6. The molecule has 1 fully saturated rings. The van der Waals surface area contributed by atoms with Crippen molar-refractivity contribution in [2.75, 3.05) is 26.3 Å². The fourth-order valence-corrected chi connectivity index (χ4v) is 12.4. The molecule has 0 spiro atoms. The van der Waals surface area contributed by atoms with Crippen LogP contribution in [0.25, 0.3) is 5.57 Å². The van der Waals surface area contributed by atoms with Crippen LogP contribution in [0.1, 0.15) is 79.9 Å². The Morgan fingerprint density at radius 3 is 1.81 bits per heavy atom. The number of amides is 2. The van der Waals surface area contributed by atoms with E-state index < -0.39 is 53.6 Å². The highest BCUT2D eigenvalue weighted by molar-refractivity contribution is 6.99. The molecule has 2 bridgehead atoms. The standard InChI is InChI=1S/C44H55Cl3N2O7Si/c1-10-53-38(50)37-35(27-32-28-48(39(51)55-41(2,3)4)29-36(37)49(32)40(52)56-43(8,9)44(45,46)47)31-23-21-30(22-24-31)25-26-54-57(42(5,6)7,33-17-13-11-14-18-33)34-19-15-12-16-20-34/h11-24,32,36H,10,25-29H2,1-9H3. The second kappa shape index (κ2) is 17.4. The monoisotopic (exact) mass is 856 g/mol. The predicted octanol–water partition coefficient (Wildman–Crippen LogP) is 9.10. The minimum atomic E-state index is -2.71. The molecule has 5 rings (SSSR count). The Bertz CT molecular complexity index is 1880. The van der Waals surface area contributed by atoms with Crippen molar-refractivity contribution in [3.05, 3.63) is 102 Å². The normalized spacial score (nSPS) is 18.0. The highest BCUT2D eigenvalue weighted by atomic mass is 35.6. The lowest BCUT2D eigenvalue weighted by Crippen LogP contribution is -2.66. The van der Waals surface area contributed by atoms with Gasteiger partial charge in [0.05, 0.1) is 24.3 Å². The molecule has 0 saturated carbocycles. The molecule has 308 valence electrons. The third-order valence-corrected chi connectivity index (χ3v) is 16.9.